The normalized spacial score (nSPS) is 17.3. The number of nitrogens with one attached hydrogen (secondary N) is 1. The number of rotatable bonds is 9. The summed E-state index contributed by atoms with van der Waals surface area (Å²) in [5.74, 6) is -2.49. The van der Waals surface area contributed by atoms with E-state index in [1.807, 2.05) is 6.07 Å². The quantitative estimate of drug-likeness (QED) is 0.327. The molecule has 0 bridgehead atoms. The predicted molar refractivity (Wildman–Crippen MR) is 130 cm³/mol. The molecule has 1 heterocycles. The van der Waals surface area contributed by atoms with Crippen molar-refractivity contribution < 1.29 is 28.1 Å². The summed E-state index contributed by atoms with van der Waals surface area (Å²) in [7, 11) is 1.20. The Kier molecular flexibility index (Phi) is 7.04. The number of benzene rings is 2. The molecule has 1 aliphatic rings. The molecular formula is C26H29N3O6. The van der Waals surface area contributed by atoms with Crippen LogP contribution in [-0.4, -0.2) is 49.0 Å². The van der Waals surface area contributed by atoms with Crippen LogP contribution in [0.1, 0.15) is 35.0 Å². The Balaban J connectivity index is 1.88. The smallest absolute Gasteiger partial charge is 0.336 e. The van der Waals surface area contributed by atoms with E-state index >= 15 is 0 Å². The number of allylic oxidation sites excluding steroid dienone is 2. The fourth-order valence-electron chi connectivity index (χ4n) is 4.01. The maximum Gasteiger partial charge on any atom is 0.336 e. The minimum absolute atomic E-state index is 0.0694. The van der Waals surface area contributed by atoms with Gasteiger partial charge in [0.1, 0.15) is 6.61 Å². The van der Waals surface area contributed by atoms with Crippen LogP contribution in [0.4, 0.5) is 5.69 Å². The Morgan fingerprint density at radius 3 is 2.40 bits per heavy atom. The molecule has 9 heteroatoms. The van der Waals surface area contributed by atoms with Gasteiger partial charge in [-0.05, 0) is 32.0 Å². The van der Waals surface area contributed by atoms with Crippen LogP contribution in [0, 0.1) is 10.1 Å². The number of hydrogen-bond acceptors (Lipinski definition) is 8. The van der Waals surface area contributed by atoms with Crippen molar-refractivity contribution in [3.63, 3.8) is 0 Å². The molecular weight excluding hydrogens is 450 g/mol. The molecule has 1 atom stereocenters. The summed E-state index contributed by atoms with van der Waals surface area (Å²) in [6.45, 7) is 0.661. The van der Waals surface area contributed by atoms with E-state index in [1.54, 1.807) is 44.2 Å². The van der Waals surface area contributed by atoms with Gasteiger partial charge in [0.05, 0.1) is 29.1 Å². The first-order valence-electron chi connectivity index (χ1n) is 12.4. The van der Waals surface area contributed by atoms with Crippen molar-refractivity contribution in [1.29, 1.82) is 0 Å². The fraction of sp³-hybridized carbons (Fsp3) is 0.308. The number of esters is 2. The van der Waals surface area contributed by atoms with Gasteiger partial charge in [-0.25, -0.2) is 9.59 Å². The number of hydrogen-bond donors (Lipinski definition) is 1. The first-order chi connectivity index (χ1) is 17.9. The Morgan fingerprint density at radius 1 is 1.09 bits per heavy atom. The van der Waals surface area contributed by atoms with Gasteiger partial charge in [-0.1, -0.05) is 42.5 Å². The summed E-state index contributed by atoms with van der Waals surface area (Å²) < 4.78 is 34.0. The number of likely N-dealkylation sites (N-methyl/N-ethyl adjacent to an activating group) is 1. The number of nitro groups is 1. The van der Waals surface area contributed by atoms with Gasteiger partial charge in [-0.2, -0.15) is 0 Å². The summed E-state index contributed by atoms with van der Waals surface area (Å²) in [6, 6.07) is 14.7. The van der Waals surface area contributed by atoms with Crippen molar-refractivity contribution in [2.45, 2.75) is 26.3 Å². The predicted octanol–water partition coefficient (Wildman–Crippen LogP) is 3.68. The third-order valence-corrected chi connectivity index (χ3v) is 5.61. The number of methoxy groups -OCH3 is 1. The Labute approximate surface area is 208 Å². The Morgan fingerprint density at radius 2 is 1.77 bits per heavy atom. The van der Waals surface area contributed by atoms with E-state index in [4.69, 9.17) is 13.6 Å². The molecule has 184 valence electrons. The Bertz CT molecular complexity index is 1270. The third kappa shape index (κ3) is 6.13. The molecule has 0 saturated heterocycles. The van der Waals surface area contributed by atoms with Gasteiger partial charge < -0.3 is 14.8 Å². The van der Waals surface area contributed by atoms with E-state index in [1.165, 1.54) is 30.2 Å². The van der Waals surface area contributed by atoms with Crippen molar-refractivity contribution >= 4 is 17.6 Å². The molecule has 9 nitrogen and oxygen atoms in total. The van der Waals surface area contributed by atoms with Crippen LogP contribution in [0.2, 0.25) is 0 Å². The molecule has 0 aliphatic carbocycles. The zero-order valence-corrected chi connectivity index (χ0v) is 19.7. The van der Waals surface area contributed by atoms with Gasteiger partial charge in [0.2, 0.25) is 0 Å². The van der Waals surface area contributed by atoms with Crippen molar-refractivity contribution in [2.24, 2.45) is 0 Å². The first-order valence-corrected chi connectivity index (χ1v) is 10.9. The summed E-state index contributed by atoms with van der Waals surface area (Å²) in [5, 5.41) is 14.4. The van der Waals surface area contributed by atoms with Gasteiger partial charge in [-0.3, -0.25) is 15.0 Å². The molecule has 35 heavy (non-hydrogen) atoms. The molecule has 0 unspecified atom stereocenters. The van der Waals surface area contributed by atoms with Gasteiger partial charge in [0, 0.05) is 40.7 Å². The van der Waals surface area contributed by atoms with Crippen LogP contribution in [0.5, 0.6) is 0 Å². The SMILES string of the molecule is [2H]C([2H])([2H])N(CCOC(=O)C1=C(C)NC(C)=C(C(=O)OC)[C@@H]1c1cccc([N+](=O)[O-])c1)Cc1ccccc1. The molecule has 0 radical (unpaired) electrons. The van der Waals surface area contributed by atoms with Crippen LogP contribution in [0.15, 0.2) is 77.1 Å². The van der Waals surface area contributed by atoms with Gasteiger partial charge in [0.15, 0.2) is 0 Å². The number of carbonyl (C=O) groups is 2. The van der Waals surface area contributed by atoms with E-state index in [2.05, 4.69) is 5.32 Å². The van der Waals surface area contributed by atoms with Crippen LogP contribution < -0.4 is 5.32 Å². The van der Waals surface area contributed by atoms with Gasteiger partial charge in [0.25, 0.3) is 5.69 Å². The highest BCUT2D eigenvalue weighted by Gasteiger charge is 2.38. The second kappa shape index (κ2) is 11.4. The van der Waals surface area contributed by atoms with Crippen molar-refractivity contribution in [3.8, 4) is 0 Å². The fourth-order valence-corrected chi connectivity index (χ4v) is 4.01. The summed E-state index contributed by atoms with van der Waals surface area (Å²) in [4.78, 5) is 38.2. The number of dihydropyridines is 1. The van der Waals surface area contributed by atoms with Gasteiger partial charge >= 0.3 is 11.9 Å². The van der Waals surface area contributed by atoms with Crippen LogP contribution in [0.25, 0.3) is 0 Å². The molecule has 3 rings (SSSR count). The summed E-state index contributed by atoms with van der Waals surface area (Å²) >= 11 is 0. The molecule has 0 saturated carbocycles. The summed E-state index contributed by atoms with van der Waals surface area (Å²) in [5.41, 5.74) is 1.92. The molecule has 0 spiro atoms. The van der Waals surface area contributed by atoms with Crippen molar-refractivity contribution in [2.75, 3.05) is 27.2 Å². The van der Waals surface area contributed by atoms with Crippen molar-refractivity contribution in [1.82, 2.24) is 10.2 Å². The number of carbonyl (C=O) groups excluding carboxylic acids is 2. The van der Waals surface area contributed by atoms with E-state index in [0.29, 0.717) is 17.0 Å². The highest BCUT2D eigenvalue weighted by atomic mass is 16.6. The maximum atomic E-state index is 13.4. The monoisotopic (exact) mass is 482 g/mol. The van der Waals surface area contributed by atoms with Gasteiger partial charge in [-0.15, -0.1) is 0 Å². The standard InChI is InChI=1S/C26H29N3O6/c1-17-22(25(30)34-4)24(20-11-8-12-21(15-20)29(32)33)23(18(2)27-17)26(31)35-14-13-28(3)16-19-9-6-5-7-10-19/h5-12,15,24,27H,13-14,16H2,1-4H3/t24-/m0/s1/i3D3. The van der Waals surface area contributed by atoms with E-state index in [9.17, 15) is 19.7 Å². The average Bonchev–Trinajstić information content (AvgIpc) is 2.87. The first kappa shape index (κ1) is 21.5. The zero-order chi connectivity index (χ0) is 28.0. The molecule has 1 aliphatic heterocycles. The highest BCUT2D eigenvalue weighted by molar-refractivity contribution is 5.99. The molecule has 2 aromatic carbocycles. The van der Waals surface area contributed by atoms with E-state index in [0.717, 1.165) is 5.56 Å². The number of ether oxygens (including phenoxy) is 2. The number of nitrogens with zero attached hydrogens (tertiary/aromatic N) is 2. The number of nitro benzene ring substituents is 1. The lowest BCUT2D eigenvalue weighted by Gasteiger charge is -2.30. The van der Waals surface area contributed by atoms with Crippen LogP contribution in [-0.2, 0) is 25.6 Å². The minimum Gasteiger partial charge on any atom is -0.466 e. The second-order valence-corrected chi connectivity index (χ2v) is 8.02. The zero-order valence-electron chi connectivity index (χ0n) is 22.7. The molecule has 0 fully saturated rings. The lowest BCUT2D eigenvalue weighted by atomic mass is 9.80. The highest BCUT2D eigenvalue weighted by Crippen LogP contribution is 2.40. The maximum absolute atomic E-state index is 13.4. The van der Waals surface area contributed by atoms with E-state index < -0.39 is 29.8 Å². The Hall–Kier alpha value is -3.98. The van der Waals surface area contributed by atoms with Crippen LogP contribution in [0.3, 0.4) is 0 Å². The largest absolute Gasteiger partial charge is 0.466 e. The lowest BCUT2D eigenvalue weighted by Crippen LogP contribution is -2.33. The topological polar surface area (TPSA) is 111 Å². The second-order valence-electron chi connectivity index (χ2n) is 8.02. The molecule has 2 aromatic rings. The molecule has 0 aromatic heterocycles. The minimum atomic E-state index is -2.42. The molecule has 1 N–H and O–H groups in total. The van der Waals surface area contributed by atoms with Crippen LogP contribution >= 0.6 is 0 Å². The third-order valence-electron chi connectivity index (χ3n) is 5.61. The van der Waals surface area contributed by atoms with Crippen molar-refractivity contribution in [3.05, 3.63) is 98.4 Å². The lowest BCUT2D eigenvalue weighted by molar-refractivity contribution is -0.384. The molecule has 0 amide bonds. The number of non-ortho nitro benzene ring substituents is 1. The summed E-state index contributed by atoms with van der Waals surface area (Å²) in [6.07, 6.45) is 0. The average molecular weight is 483 g/mol. The van der Waals surface area contributed by atoms with E-state index in [-0.39, 0.29) is 36.5 Å².